The smallest absolute Gasteiger partial charge is 0.267 e. The van der Waals surface area contributed by atoms with Crippen LogP contribution in [0.4, 0.5) is 8.78 Å². The van der Waals surface area contributed by atoms with Crippen LogP contribution in [0.1, 0.15) is 16.9 Å². The summed E-state index contributed by atoms with van der Waals surface area (Å²) in [5.74, 6) is 0.0404. The standard InChI is InChI=1S/C18H16F2N2OS/c19-13-2-5-15(6-3-13)24-9-1-8-21-18(23)17-11-12-10-14(20)4-7-16(12)22-17/h2-7,10-11,22H,1,8-9H2,(H,21,23). The fourth-order valence-electron chi connectivity index (χ4n) is 2.32. The zero-order chi connectivity index (χ0) is 16.9. The van der Waals surface area contributed by atoms with Gasteiger partial charge in [0.25, 0.3) is 5.91 Å². The number of carbonyl (C=O) groups excluding carboxylic acids is 1. The van der Waals surface area contributed by atoms with Crippen LogP contribution in [-0.2, 0) is 0 Å². The van der Waals surface area contributed by atoms with Gasteiger partial charge in [0.05, 0.1) is 0 Å². The van der Waals surface area contributed by atoms with Crippen LogP contribution >= 0.6 is 11.8 Å². The Hall–Kier alpha value is -2.34. The largest absolute Gasteiger partial charge is 0.351 e. The van der Waals surface area contributed by atoms with E-state index in [4.69, 9.17) is 0 Å². The summed E-state index contributed by atoms with van der Waals surface area (Å²) < 4.78 is 26.0. The Morgan fingerprint density at radius 1 is 1.04 bits per heavy atom. The van der Waals surface area contributed by atoms with Crippen molar-refractivity contribution in [1.82, 2.24) is 10.3 Å². The molecule has 0 fully saturated rings. The predicted octanol–water partition coefficient (Wildman–Crippen LogP) is 4.36. The molecule has 0 radical (unpaired) electrons. The third kappa shape index (κ3) is 4.14. The van der Waals surface area contributed by atoms with E-state index in [1.54, 1.807) is 36.0 Å². The summed E-state index contributed by atoms with van der Waals surface area (Å²) in [6.45, 7) is 0.538. The highest BCUT2D eigenvalue weighted by Crippen LogP contribution is 2.19. The summed E-state index contributed by atoms with van der Waals surface area (Å²) in [4.78, 5) is 16.1. The van der Waals surface area contributed by atoms with Crippen molar-refractivity contribution in [2.75, 3.05) is 12.3 Å². The number of aromatic amines is 1. The minimum Gasteiger partial charge on any atom is -0.351 e. The third-order valence-electron chi connectivity index (χ3n) is 3.52. The number of H-pyrrole nitrogens is 1. The zero-order valence-electron chi connectivity index (χ0n) is 12.8. The lowest BCUT2D eigenvalue weighted by Gasteiger charge is -2.04. The Morgan fingerprint density at radius 3 is 2.58 bits per heavy atom. The highest BCUT2D eigenvalue weighted by atomic mass is 32.2. The molecule has 0 unspecified atom stereocenters. The summed E-state index contributed by atoms with van der Waals surface area (Å²) in [6, 6.07) is 12.3. The van der Waals surface area contributed by atoms with Crippen molar-refractivity contribution >= 4 is 28.6 Å². The van der Waals surface area contributed by atoms with Gasteiger partial charge in [0, 0.05) is 22.3 Å². The van der Waals surface area contributed by atoms with Crippen molar-refractivity contribution < 1.29 is 13.6 Å². The quantitative estimate of drug-likeness (QED) is 0.515. The Balaban J connectivity index is 1.45. The minimum absolute atomic E-state index is 0.210. The Morgan fingerprint density at radius 2 is 1.79 bits per heavy atom. The lowest BCUT2D eigenvalue weighted by atomic mass is 10.2. The van der Waals surface area contributed by atoms with E-state index in [0.717, 1.165) is 22.6 Å². The molecule has 1 amide bonds. The summed E-state index contributed by atoms with van der Waals surface area (Å²) in [7, 11) is 0. The van der Waals surface area contributed by atoms with E-state index in [1.807, 2.05) is 0 Å². The summed E-state index contributed by atoms with van der Waals surface area (Å²) in [6.07, 6.45) is 0.794. The maximum absolute atomic E-state index is 13.2. The molecule has 0 saturated carbocycles. The van der Waals surface area contributed by atoms with Crippen LogP contribution in [0.15, 0.2) is 53.4 Å². The van der Waals surface area contributed by atoms with Crippen LogP contribution in [0.25, 0.3) is 10.9 Å². The van der Waals surface area contributed by atoms with Crippen LogP contribution in [0.2, 0.25) is 0 Å². The van der Waals surface area contributed by atoms with E-state index in [9.17, 15) is 13.6 Å². The molecule has 0 spiro atoms. The average Bonchev–Trinajstić information content (AvgIpc) is 2.99. The van der Waals surface area contributed by atoms with Crippen molar-refractivity contribution in [2.45, 2.75) is 11.3 Å². The first-order valence-corrected chi connectivity index (χ1v) is 8.55. The summed E-state index contributed by atoms with van der Waals surface area (Å²) in [5, 5.41) is 3.51. The fraction of sp³-hybridized carbons (Fsp3) is 0.167. The van der Waals surface area contributed by atoms with Gasteiger partial charge < -0.3 is 10.3 Å². The molecule has 24 heavy (non-hydrogen) atoms. The first-order chi connectivity index (χ1) is 11.6. The zero-order valence-corrected chi connectivity index (χ0v) is 13.6. The number of aromatic nitrogens is 1. The summed E-state index contributed by atoms with van der Waals surface area (Å²) >= 11 is 1.61. The molecule has 124 valence electrons. The Labute approximate surface area is 142 Å². The first-order valence-electron chi connectivity index (χ1n) is 7.57. The number of hydrogen-bond acceptors (Lipinski definition) is 2. The molecule has 2 aromatic carbocycles. The lowest BCUT2D eigenvalue weighted by Crippen LogP contribution is -2.25. The van der Waals surface area contributed by atoms with Crippen molar-refractivity contribution in [2.24, 2.45) is 0 Å². The van der Waals surface area contributed by atoms with Gasteiger partial charge in [0.2, 0.25) is 0 Å². The van der Waals surface area contributed by atoms with Gasteiger partial charge in [0.1, 0.15) is 17.3 Å². The van der Waals surface area contributed by atoms with Gasteiger partial charge in [0.15, 0.2) is 0 Å². The fourth-order valence-corrected chi connectivity index (χ4v) is 3.17. The number of thioether (sulfide) groups is 1. The van der Waals surface area contributed by atoms with Gasteiger partial charge in [-0.1, -0.05) is 0 Å². The number of rotatable bonds is 6. The van der Waals surface area contributed by atoms with Crippen LogP contribution < -0.4 is 5.32 Å². The number of benzene rings is 2. The van der Waals surface area contributed by atoms with Crippen LogP contribution in [-0.4, -0.2) is 23.2 Å². The topological polar surface area (TPSA) is 44.9 Å². The van der Waals surface area contributed by atoms with Crippen molar-refractivity contribution in [3.63, 3.8) is 0 Å². The molecule has 0 atom stereocenters. The van der Waals surface area contributed by atoms with Gasteiger partial charge in [-0.15, -0.1) is 11.8 Å². The molecule has 0 bridgehead atoms. The first kappa shape index (κ1) is 16.5. The second-order valence-corrected chi connectivity index (χ2v) is 6.49. The highest BCUT2D eigenvalue weighted by molar-refractivity contribution is 7.99. The number of halogens is 2. The molecule has 3 aromatic rings. The molecule has 3 rings (SSSR count). The molecule has 0 aliphatic heterocycles. The van der Waals surface area contributed by atoms with Crippen molar-refractivity contribution in [3.05, 3.63) is 65.9 Å². The molecule has 0 aliphatic rings. The maximum atomic E-state index is 13.2. The predicted molar refractivity (Wildman–Crippen MR) is 92.3 cm³/mol. The lowest BCUT2D eigenvalue weighted by molar-refractivity contribution is 0.0949. The molecule has 1 aromatic heterocycles. The average molecular weight is 346 g/mol. The van der Waals surface area contributed by atoms with Crippen LogP contribution in [0, 0.1) is 11.6 Å². The number of nitrogens with one attached hydrogen (secondary N) is 2. The molecule has 3 nitrogen and oxygen atoms in total. The molecule has 0 aliphatic carbocycles. The number of hydrogen-bond donors (Lipinski definition) is 2. The minimum atomic E-state index is -0.328. The second-order valence-electron chi connectivity index (χ2n) is 5.33. The normalized spacial score (nSPS) is 10.9. The van der Waals surface area contributed by atoms with E-state index in [2.05, 4.69) is 10.3 Å². The Kier molecular flexibility index (Phi) is 5.15. The maximum Gasteiger partial charge on any atom is 0.267 e. The number of carbonyl (C=O) groups is 1. The number of amides is 1. The van der Waals surface area contributed by atoms with Gasteiger partial charge in [-0.3, -0.25) is 4.79 Å². The molecule has 1 heterocycles. The van der Waals surface area contributed by atoms with E-state index in [0.29, 0.717) is 17.6 Å². The molecule has 6 heteroatoms. The van der Waals surface area contributed by atoms with E-state index in [1.165, 1.54) is 24.3 Å². The summed E-state index contributed by atoms with van der Waals surface area (Å²) in [5.41, 5.74) is 1.15. The van der Waals surface area contributed by atoms with Gasteiger partial charge >= 0.3 is 0 Å². The molecular weight excluding hydrogens is 330 g/mol. The third-order valence-corrected chi connectivity index (χ3v) is 4.61. The molecular formula is C18H16F2N2OS. The highest BCUT2D eigenvalue weighted by Gasteiger charge is 2.09. The molecule has 2 N–H and O–H groups in total. The van der Waals surface area contributed by atoms with Gasteiger partial charge in [-0.05, 0) is 60.7 Å². The van der Waals surface area contributed by atoms with Crippen molar-refractivity contribution in [3.8, 4) is 0 Å². The van der Waals surface area contributed by atoms with Crippen LogP contribution in [0.3, 0.4) is 0 Å². The SMILES string of the molecule is O=C(NCCCSc1ccc(F)cc1)c1cc2cc(F)ccc2[nH]1. The van der Waals surface area contributed by atoms with Gasteiger partial charge in [-0.25, -0.2) is 8.78 Å². The van der Waals surface area contributed by atoms with Crippen molar-refractivity contribution in [1.29, 1.82) is 0 Å². The van der Waals surface area contributed by atoms with Gasteiger partial charge in [-0.2, -0.15) is 0 Å². The number of fused-ring (bicyclic) bond motifs is 1. The Bertz CT molecular complexity index is 846. The molecule has 0 saturated heterocycles. The van der Waals surface area contributed by atoms with E-state index < -0.39 is 0 Å². The van der Waals surface area contributed by atoms with E-state index in [-0.39, 0.29) is 17.5 Å². The van der Waals surface area contributed by atoms with Crippen LogP contribution in [0.5, 0.6) is 0 Å². The van der Waals surface area contributed by atoms with E-state index >= 15 is 0 Å². The second kappa shape index (κ2) is 7.49. The monoisotopic (exact) mass is 346 g/mol.